The Morgan fingerprint density at radius 1 is 1.30 bits per heavy atom. The Balaban J connectivity index is 2.46. The summed E-state index contributed by atoms with van der Waals surface area (Å²) in [5.41, 5.74) is 1.17. The van der Waals surface area contributed by atoms with Gasteiger partial charge in [0.15, 0.2) is 0 Å². The zero-order chi connectivity index (χ0) is 15.2. The highest BCUT2D eigenvalue weighted by molar-refractivity contribution is 5.84. The molecular formula is C16H28N2O2. The molecule has 4 nitrogen and oxygen atoms in total. The molecule has 0 saturated heterocycles. The van der Waals surface area contributed by atoms with Crippen molar-refractivity contribution in [3.63, 3.8) is 0 Å². The molecule has 0 aromatic carbocycles. The van der Waals surface area contributed by atoms with Crippen LogP contribution in [0.3, 0.4) is 0 Å². The van der Waals surface area contributed by atoms with E-state index in [1.807, 2.05) is 20.8 Å². The molecule has 1 rings (SSSR count). The van der Waals surface area contributed by atoms with Crippen LogP contribution in [0, 0.1) is 0 Å². The highest BCUT2D eigenvalue weighted by Gasteiger charge is 2.18. The van der Waals surface area contributed by atoms with Crippen LogP contribution in [0.15, 0.2) is 11.6 Å². The number of hydrogen-bond donors (Lipinski definition) is 1. The molecule has 0 unspecified atom stereocenters. The first-order chi connectivity index (χ1) is 9.28. The van der Waals surface area contributed by atoms with Crippen LogP contribution >= 0.6 is 0 Å². The Morgan fingerprint density at radius 3 is 2.50 bits per heavy atom. The summed E-state index contributed by atoms with van der Waals surface area (Å²) in [4.78, 5) is 25.2. The lowest BCUT2D eigenvalue weighted by atomic mass is 9.97. The zero-order valence-electron chi connectivity index (χ0n) is 13.3. The van der Waals surface area contributed by atoms with Gasteiger partial charge in [-0.2, -0.15) is 0 Å². The summed E-state index contributed by atoms with van der Waals surface area (Å²) in [6.45, 7) is 8.14. The van der Waals surface area contributed by atoms with Crippen molar-refractivity contribution in [2.45, 2.75) is 65.3 Å². The second-order valence-electron chi connectivity index (χ2n) is 6.60. The molecule has 1 N–H and O–H groups in total. The standard InChI is InChI=1S/C16H28N2O2/c1-13(19)18(12-15(20)17-16(2,3)4)11-10-14-8-6-5-7-9-14/h8H,5-7,9-12H2,1-4H3,(H,17,20). The van der Waals surface area contributed by atoms with Gasteiger partial charge in [0.2, 0.25) is 11.8 Å². The fourth-order valence-electron chi connectivity index (χ4n) is 2.39. The average molecular weight is 280 g/mol. The molecular weight excluding hydrogens is 252 g/mol. The van der Waals surface area contributed by atoms with E-state index in [2.05, 4.69) is 11.4 Å². The predicted molar refractivity (Wildman–Crippen MR) is 81.3 cm³/mol. The van der Waals surface area contributed by atoms with Gasteiger partial charge in [0.05, 0.1) is 6.54 Å². The van der Waals surface area contributed by atoms with E-state index in [1.54, 1.807) is 4.90 Å². The zero-order valence-corrected chi connectivity index (χ0v) is 13.3. The van der Waals surface area contributed by atoms with E-state index < -0.39 is 0 Å². The van der Waals surface area contributed by atoms with Crippen LogP contribution in [0.25, 0.3) is 0 Å². The van der Waals surface area contributed by atoms with Crippen LogP contribution in [-0.4, -0.2) is 35.3 Å². The molecule has 0 bridgehead atoms. The van der Waals surface area contributed by atoms with Gasteiger partial charge in [0.1, 0.15) is 0 Å². The van der Waals surface area contributed by atoms with Crippen molar-refractivity contribution < 1.29 is 9.59 Å². The molecule has 4 heteroatoms. The average Bonchev–Trinajstić information content (AvgIpc) is 2.33. The van der Waals surface area contributed by atoms with E-state index in [0.29, 0.717) is 6.54 Å². The smallest absolute Gasteiger partial charge is 0.240 e. The van der Waals surface area contributed by atoms with Gasteiger partial charge in [-0.05, 0) is 52.9 Å². The molecule has 0 saturated carbocycles. The molecule has 0 atom stereocenters. The van der Waals surface area contributed by atoms with Crippen LogP contribution in [-0.2, 0) is 9.59 Å². The highest BCUT2D eigenvalue weighted by Crippen LogP contribution is 2.20. The Kier molecular flexibility index (Phi) is 6.24. The molecule has 0 fully saturated rings. The van der Waals surface area contributed by atoms with E-state index in [-0.39, 0.29) is 23.9 Å². The fourth-order valence-corrected chi connectivity index (χ4v) is 2.39. The molecule has 0 spiro atoms. The highest BCUT2D eigenvalue weighted by atomic mass is 16.2. The lowest BCUT2D eigenvalue weighted by Gasteiger charge is -2.25. The summed E-state index contributed by atoms with van der Waals surface area (Å²) in [5, 5.41) is 2.89. The topological polar surface area (TPSA) is 49.4 Å². The van der Waals surface area contributed by atoms with E-state index in [0.717, 1.165) is 19.3 Å². The molecule has 0 heterocycles. The third-order valence-electron chi connectivity index (χ3n) is 3.38. The van der Waals surface area contributed by atoms with Crippen molar-refractivity contribution in [2.75, 3.05) is 13.1 Å². The van der Waals surface area contributed by atoms with Crippen LogP contribution < -0.4 is 5.32 Å². The van der Waals surface area contributed by atoms with Crippen molar-refractivity contribution >= 4 is 11.8 Å². The van der Waals surface area contributed by atoms with Crippen molar-refractivity contribution in [1.29, 1.82) is 0 Å². The molecule has 0 aromatic heterocycles. The van der Waals surface area contributed by atoms with Crippen LogP contribution in [0.4, 0.5) is 0 Å². The first kappa shape index (κ1) is 16.7. The second-order valence-corrected chi connectivity index (χ2v) is 6.60. The third kappa shape index (κ3) is 6.73. The first-order valence-corrected chi connectivity index (χ1v) is 7.52. The molecule has 1 aliphatic carbocycles. The Hall–Kier alpha value is -1.32. The Labute approximate surface area is 122 Å². The van der Waals surface area contributed by atoms with E-state index >= 15 is 0 Å². The van der Waals surface area contributed by atoms with Crippen molar-refractivity contribution in [1.82, 2.24) is 10.2 Å². The number of amides is 2. The second kappa shape index (κ2) is 7.46. The quantitative estimate of drug-likeness (QED) is 0.787. The molecule has 20 heavy (non-hydrogen) atoms. The molecule has 0 radical (unpaired) electrons. The van der Waals surface area contributed by atoms with Gasteiger partial charge in [0.25, 0.3) is 0 Å². The summed E-state index contributed by atoms with van der Waals surface area (Å²) in [6, 6.07) is 0. The number of hydrogen-bond acceptors (Lipinski definition) is 2. The van der Waals surface area contributed by atoms with Crippen LogP contribution in [0.5, 0.6) is 0 Å². The van der Waals surface area contributed by atoms with Gasteiger partial charge in [0, 0.05) is 19.0 Å². The Bertz CT molecular complexity index is 380. The normalized spacial score (nSPS) is 15.5. The minimum absolute atomic E-state index is 0.0366. The largest absolute Gasteiger partial charge is 0.350 e. The van der Waals surface area contributed by atoms with Gasteiger partial charge in [-0.15, -0.1) is 0 Å². The lowest BCUT2D eigenvalue weighted by Crippen LogP contribution is -2.47. The van der Waals surface area contributed by atoms with Crippen molar-refractivity contribution in [3.8, 4) is 0 Å². The number of carbonyl (C=O) groups is 2. The van der Waals surface area contributed by atoms with Gasteiger partial charge in [-0.1, -0.05) is 11.6 Å². The number of nitrogens with one attached hydrogen (secondary N) is 1. The minimum atomic E-state index is -0.258. The van der Waals surface area contributed by atoms with Gasteiger partial charge in [-0.3, -0.25) is 9.59 Å². The van der Waals surface area contributed by atoms with Crippen molar-refractivity contribution in [3.05, 3.63) is 11.6 Å². The third-order valence-corrected chi connectivity index (χ3v) is 3.38. The van der Waals surface area contributed by atoms with E-state index in [1.165, 1.54) is 25.3 Å². The molecule has 2 amide bonds. The predicted octanol–water partition coefficient (Wildman–Crippen LogP) is 2.64. The monoisotopic (exact) mass is 280 g/mol. The van der Waals surface area contributed by atoms with Crippen LogP contribution in [0.2, 0.25) is 0 Å². The van der Waals surface area contributed by atoms with Crippen LogP contribution in [0.1, 0.15) is 59.8 Å². The number of allylic oxidation sites excluding steroid dienone is 1. The summed E-state index contributed by atoms with van der Waals surface area (Å²) in [7, 11) is 0. The SMILES string of the molecule is CC(=O)N(CCC1=CCCCC1)CC(=O)NC(C)(C)C. The summed E-state index contributed by atoms with van der Waals surface area (Å²) in [5.74, 6) is -0.129. The lowest BCUT2D eigenvalue weighted by molar-refractivity contribution is -0.134. The maximum atomic E-state index is 11.9. The van der Waals surface area contributed by atoms with Gasteiger partial charge in [-0.25, -0.2) is 0 Å². The first-order valence-electron chi connectivity index (χ1n) is 7.52. The number of carbonyl (C=O) groups excluding carboxylic acids is 2. The molecule has 0 aromatic rings. The van der Waals surface area contributed by atoms with E-state index in [4.69, 9.17) is 0 Å². The molecule has 114 valence electrons. The maximum absolute atomic E-state index is 11.9. The maximum Gasteiger partial charge on any atom is 0.240 e. The summed E-state index contributed by atoms with van der Waals surface area (Å²) < 4.78 is 0. The number of nitrogens with zero attached hydrogens (tertiary/aromatic N) is 1. The fraction of sp³-hybridized carbons (Fsp3) is 0.750. The molecule has 0 aliphatic heterocycles. The Morgan fingerprint density at radius 2 is 2.00 bits per heavy atom. The number of rotatable bonds is 5. The van der Waals surface area contributed by atoms with Crippen molar-refractivity contribution in [2.24, 2.45) is 0 Å². The van der Waals surface area contributed by atoms with Gasteiger partial charge >= 0.3 is 0 Å². The summed E-state index contributed by atoms with van der Waals surface area (Å²) in [6.07, 6.45) is 7.99. The molecule has 1 aliphatic rings. The van der Waals surface area contributed by atoms with Gasteiger partial charge < -0.3 is 10.2 Å². The minimum Gasteiger partial charge on any atom is -0.350 e. The van der Waals surface area contributed by atoms with E-state index in [9.17, 15) is 9.59 Å². The summed E-state index contributed by atoms with van der Waals surface area (Å²) >= 11 is 0.